The number of rotatable bonds is 9. The van der Waals surface area contributed by atoms with Gasteiger partial charge in [0.2, 0.25) is 5.91 Å². The zero-order valence-corrected chi connectivity index (χ0v) is 18.6. The lowest BCUT2D eigenvalue weighted by molar-refractivity contribution is -0.127. The third-order valence-corrected chi connectivity index (χ3v) is 5.67. The van der Waals surface area contributed by atoms with Crippen molar-refractivity contribution in [1.82, 2.24) is 10.2 Å². The molecule has 2 aromatic rings. The Morgan fingerprint density at radius 3 is 2.38 bits per heavy atom. The summed E-state index contributed by atoms with van der Waals surface area (Å²) in [5, 5.41) is 20.2. The normalized spacial score (nSPS) is 13.9. The molecule has 3 N–H and O–H groups in total. The van der Waals surface area contributed by atoms with Gasteiger partial charge < -0.3 is 19.7 Å². The first kappa shape index (κ1) is 23.5. The van der Waals surface area contributed by atoms with Gasteiger partial charge >= 0.3 is 0 Å². The van der Waals surface area contributed by atoms with Crippen LogP contribution in [0.5, 0.6) is 5.75 Å². The Morgan fingerprint density at radius 1 is 1.03 bits per heavy atom. The smallest absolute Gasteiger partial charge is 0.223 e. The van der Waals surface area contributed by atoms with Crippen LogP contribution >= 0.6 is 0 Å². The molecule has 2 aromatic carbocycles. The fourth-order valence-corrected chi connectivity index (χ4v) is 3.68. The maximum atomic E-state index is 12.5. The number of amidine groups is 2. The highest BCUT2D eigenvalue weighted by Gasteiger charge is 2.23. The number of aryl methyl sites for hydroxylation is 1. The number of carbonyl (C=O) groups is 1. The summed E-state index contributed by atoms with van der Waals surface area (Å²) in [5.74, 6) is 1.22. The predicted octanol–water partition coefficient (Wildman–Crippen LogP) is 3.63. The molecule has 1 amide bonds. The molecular weight excluding hydrogens is 404 g/mol. The minimum absolute atomic E-state index is 0.0433. The van der Waals surface area contributed by atoms with Gasteiger partial charge in [-0.2, -0.15) is 0 Å². The summed E-state index contributed by atoms with van der Waals surface area (Å²) in [6, 6.07) is 17.6. The number of methoxy groups -OCH3 is 1. The third kappa shape index (κ3) is 6.92. The molecule has 1 aliphatic rings. The number of benzene rings is 2. The maximum Gasteiger partial charge on any atom is 0.223 e. The van der Waals surface area contributed by atoms with Crippen LogP contribution in [0.2, 0.25) is 0 Å². The fraction of sp³-hybridized carbons (Fsp3) is 0.400. The Kier molecular flexibility index (Phi) is 8.80. The average Bonchev–Trinajstić information content (AvgIpc) is 2.85. The average molecular weight is 437 g/mol. The molecule has 0 aromatic heterocycles. The SMILES string of the molecule is COc1ccc(CN(C(=N)CCc2ccccc2)C(=N)CNC(=O)C2CCOCC2)cc1. The van der Waals surface area contributed by atoms with Crippen LogP contribution in [0.25, 0.3) is 0 Å². The standard InChI is InChI=1S/C25H32N4O3/c1-31-22-10-7-20(8-11-22)18-29(23(26)12-9-19-5-3-2-4-6-19)24(27)17-28-25(30)21-13-15-32-16-14-21/h2-8,10-11,21,26-27H,9,12-18H2,1H3,(H,28,30). The van der Waals surface area contributed by atoms with Gasteiger partial charge in [-0.15, -0.1) is 0 Å². The number of nitrogens with zero attached hydrogens (tertiary/aromatic N) is 1. The lowest BCUT2D eigenvalue weighted by Crippen LogP contribution is -2.44. The van der Waals surface area contributed by atoms with Gasteiger partial charge in [0, 0.05) is 25.6 Å². The van der Waals surface area contributed by atoms with E-state index in [1.807, 2.05) is 54.6 Å². The van der Waals surface area contributed by atoms with Crippen molar-refractivity contribution in [3.05, 3.63) is 65.7 Å². The Bertz CT molecular complexity index is 893. The first-order valence-corrected chi connectivity index (χ1v) is 11.0. The highest BCUT2D eigenvalue weighted by atomic mass is 16.5. The van der Waals surface area contributed by atoms with Gasteiger partial charge in [0.05, 0.1) is 20.2 Å². The molecule has 0 spiro atoms. The van der Waals surface area contributed by atoms with Crippen LogP contribution in [0, 0.1) is 16.7 Å². The monoisotopic (exact) mass is 436 g/mol. The summed E-state index contributed by atoms with van der Waals surface area (Å²) in [6.45, 7) is 1.69. The van der Waals surface area contributed by atoms with Crippen LogP contribution in [-0.2, 0) is 22.5 Å². The molecule has 0 atom stereocenters. The van der Waals surface area contributed by atoms with Crippen molar-refractivity contribution < 1.29 is 14.3 Å². The predicted molar refractivity (Wildman–Crippen MR) is 125 cm³/mol. The summed E-state index contributed by atoms with van der Waals surface area (Å²) in [4.78, 5) is 14.2. The van der Waals surface area contributed by atoms with Crippen molar-refractivity contribution in [2.45, 2.75) is 32.2 Å². The van der Waals surface area contributed by atoms with Crippen LogP contribution in [0.3, 0.4) is 0 Å². The van der Waals surface area contributed by atoms with E-state index in [9.17, 15) is 4.79 Å². The Hall–Kier alpha value is -3.19. The minimum atomic E-state index is -0.0656. The number of nitrogens with one attached hydrogen (secondary N) is 3. The van der Waals surface area contributed by atoms with Gasteiger partial charge in [-0.1, -0.05) is 42.5 Å². The van der Waals surface area contributed by atoms with Crippen LogP contribution in [-0.4, -0.2) is 49.3 Å². The molecule has 0 aliphatic carbocycles. The van der Waals surface area contributed by atoms with Gasteiger partial charge in [-0.05, 0) is 42.5 Å². The van der Waals surface area contributed by atoms with Crippen LogP contribution in [0.1, 0.15) is 30.4 Å². The second-order valence-electron chi connectivity index (χ2n) is 7.92. The largest absolute Gasteiger partial charge is 0.497 e. The van der Waals surface area contributed by atoms with Gasteiger partial charge in [0.1, 0.15) is 17.4 Å². The van der Waals surface area contributed by atoms with Crippen LogP contribution < -0.4 is 10.1 Å². The number of ether oxygens (including phenoxy) is 2. The molecule has 0 unspecified atom stereocenters. The lowest BCUT2D eigenvalue weighted by Gasteiger charge is -2.27. The van der Waals surface area contributed by atoms with E-state index in [1.165, 1.54) is 0 Å². The molecule has 7 heteroatoms. The van der Waals surface area contributed by atoms with E-state index in [0.717, 1.165) is 23.3 Å². The van der Waals surface area contributed by atoms with Gasteiger partial charge in [0.15, 0.2) is 0 Å². The molecule has 1 saturated heterocycles. The van der Waals surface area contributed by atoms with E-state index < -0.39 is 0 Å². The molecule has 170 valence electrons. The van der Waals surface area contributed by atoms with Crippen molar-refractivity contribution in [3.8, 4) is 5.75 Å². The van der Waals surface area contributed by atoms with Gasteiger partial charge in [-0.3, -0.25) is 15.6 Å². The van der Waals surface area contributed by atoms with Crippen molar-refractivity contribution in [1.29, 1.82) is 10.8 Å². The molecular formula is C25H32N4O3. The molecule has 32 heavy (non-hydrogen) atoms. The lowest BCUT2D eigenvalue weighted by atomic mass is 9.99. The van der Waals surface area contributed by atoms with E-state index >= 15 is 0 Å². The molecule has 0 saturated carbocycles. The zero-order valence-electron chi connectivity index (χ0n) is 18.6. The van der Waals surface area contributed by atoms with Crippen LogP contribution in [0.15, 0.2) is 54.6 Å². The highest BCUT2D eigenvalue weighted by Crippen LogP contribution is 2.16. The summed E-state index contributed by atoms with van der Waals surface area (Å²) >= 11 is 0. The first-order chi connectivity index (χ1) is 15.6. The number of hydrogen-bond donors (Lipinski definition) is 3. The topological polar surface area (TPSA) is 98.5 Å². The van der Waals surface area contributed by atoms with E-state index in [1.54, 1.807) is 12.0 Å². The number of hydrogen-bond acceptors (Lipinski definition) is 5. The Morgan fingerprint density at radius 2 is 1.72 bits per heavy atom. The summed E-state index contributed by atoms with van der Waals surface area (Å²) in [5.41, 5.74) is 2.12. The zero-order chi connectivity index (χ0) is 22.8. The highest BCUT2D eigenvalue weighted by molar-refractivity contribution is 6.00. The summed E-state index contributed by atoms with van der Waals surface area (Å²) in [7, 11) is 1.62. The summed E-state index contributed by atoms with van der Waals surface area (Å²) in [6.07, 6.45) is 2.65. The molecule has 7 nitrogen and oxygen atoms in total. The number of amides is 1. The number of carbonyl (C=O) groups excluding carboxylic acids is 1. The van der Waals surface area contributed by atoms with Gasteiger partial charge in [-0.25, -0.2) is 0 Å². The Labute approximate surface area is 189 Å². The fourth-order valence-electron chi connectivity index (χ4n) is 3.68. The second kappa shape index (κ2) is 12.0. The van der Waals surface area contributed by atoms with Crippen molar-refractivity contribution >= 4 is 17.6 Å². The molecule has 0 radical (unpaired) electrons. The molecule has 1 heterocycles. The second-order valence-corrected chi connectivity index (χ2v) is 7.92. The first-order valence-electron chi connectivity index (χ1n) is 11.0. The molecule has 3 rings (SSSR count). The van der Waals surface area contributed by atoms with E-state index in [2.05, 4.69) is 5.32 Å². The third-order valence-electron chi connectivity index (χ3n) is 5.67. The molecule has 1 fully saturated rings. The van der Waals surface area contributed by atoms with Gasteiger partial charge in [0.25, 0.3) is 0 Å². The van der Waals surface area contributed by atoms with E-state index in [0.29, 0.717) is 44.9 Å². The van der Waals surface area contributed by atoms with Crippen molar-refractivity contribution in [3.63, 3.8) is 0 Å². The van der Waals surface area contributed by atoms with E-state index in [-0.39, 0.29) is 24.2 Å². The summed E-state index contributed by atoms with van der Waals surface area (Å²) < 4.78 is 10.5. The Balaban J connectivity index is 1.64. The van der Waals surface area contributed by atoms with Crippen molar-refractivity contribution in [2.75, 3.05) is 26.9 Å². The van der Waals surface area contributed by atoms with Crippen LogP contribution in [0.4, 0.5) is 0 Å². The molecule has 0 bridgehead atoms. The van der Waals surface area contributed by atoms with Crippen molar-refractivity contribution in [2.24, 2.45) is 5.92 Å². The quantitative estimate of drug-likeness (QED) is 0.413. The minimum Gasteiger partial charge on any atom is -0.497 e. The van der Waals surface area contributed by atoms with E-state index in [4.69, 9.17) is 20.3 Å². The molecule has 1 aliphatic heterocycles. The maximum absolute atomic E-state index is 12.5.